The molecule has 4 rings (SSSR count). The molecule has 132 valence electrons. The van der Waals surface area contributed by atoms with E-state index in [1.165, 1.54) is 6.42 Å². The van der Waals surface area contributed by atoms with Gasteiger partial charge in [-0.05, 0) is 49.2 Å². The van der Waals surface area contributed by atoms with Gasteiger partial charge in [-0.2, -0.15) is 0 Å². The van der Waals surface area contributed by atoms with Crippen LogP contribution in [0.25, 0.3) is 22.4 Å². The van der Waals surface area contributed by atoms with Crippen LogP contribution in [0.4, 0.5) is 5.69 Å². The molecule has 0 saturated heterocycles. The molecule has 5 heteroatoms. The molecule has 1 aliphatic carbocycles. The molecule has 1 saturated carbocycles. The number of fused-ring (bicyclic) bond motifs is 1. The van der Waals surface area contributed by atoms with Crippen LogP contribution in [0, 0.1) is 5.92 Å². The maximum absolute atomic E-state index is 12.3. The number of anilines is 1. The number of hydrogen-bond donors (Lipinski definition) is 1. The number of amides is 1. The molecule has 1 aromatic heterocycles. The van der Waals surface area contributed by atoms with E-state index in [9.17, 15) is 9.59 Å². The first kappa shape index (κ1) is 16.5. The van der Waals surface area contributed by atoms with Crippen molar-refractivity contribution in [3.63, 3.8) is 0 Å². The maximum atomic E-state index is 12.3. The van der Waals surface area contributed by atoms with E-state index in [0.29, 0.717) is 16.5 Å². The first-order valence-electron chi connectivity index (χ1n) is 9.02. The van der Waals surface area contributed by atoms with Gasteiger partial charge in [0.2, 0.25) is 11.8 Å². The number of carbonyl (C=O) groups is 1. The Hall–Kier alpha value is -2.95. The molecule has 1 fully saturated rings. The summed E-state index contributed by atoms with van der Waals surface area (Å²) < 4.78 is 5.34. The van der Waals surface area contributed by atoms with Gasteiger partial charge in [-0.15, -0.1) is 0 Å². The van der Waals surface area contributed by atoms with Crippen LogP contribution in [0.15, 0.2) is 57.7 Å². The van der Waals surface area contributed by atoms with Crippen molar-refractivity contribution < 1.29 is 9.21 Å². The van der Waals surface area contributed by atoms with Gasteiger partial charge in [0, 0.05) is 17.2 Å². The Labute approximate surface area is 151 Å². The lowest BCUT2D eigenvalue weighted by molar-refractivity contribution is -0.120. The highest BCUT2D eigenvalue weighted by Crippen LogP contribution is 2.26. The molecular formula is C21H20N2O3. The standard InChI is InChI=1S/C21H20N2O3/c24-19(14-6-2-1-3-7-14)22-16-12-10-15(11-13-16)20-23-18-9-5-4-8-17(18)21(25)26-20/h4-5,8-14H,1-3,6-7H2,(H,22,24). The molecule has 2 aromatic carbocycles. The quantitative estimate of drug-likeness (QED) is 0.763. The minimum absolute atomic E-state index is 0.0906. The Morgan fingerprint density at radius 1 is 1.00 bits per heavy atom. The van der Waals surface area contributed by atoms with Crippen LogP contribution in [0.2, 0.25) is 0 Å². The number of rotatable bonds is 3. The van der Waals surface area contributed by atoms with Gasteiger partial charge in [-0.25, -0.2) is 9.78 Å². The van der Waals surface area contributed by atoms with E-state index in [1.54, 1.807) is 30.3 Å². The number of benzene rings is 2. The Morgan fingerprint density at radius 2 is 1.73 bits per heavy atom. The molecule has 3 aromatic rings. The van der Waals surface area contributed by atoms with Crippen molar-refractivity contribution in [1.29, 1.82) is 0 Å². The van der Waals surface area contributed by atoms with Crippen LogP contribution in [0.5, 0.6) is 0 Å². The van der Waals surface area contributed by atoms with Crippen molar-refractivity contribution >= 4 is 22.5 Å². The molecule has 5 nitrogen and oxygen atoms in total. The van der Waals surface area contributed by atoms with Gasteiger partial charge < -0.3 is 9.73 Å². The normalized spacial score (nSPS) is 15.1. The highest BCUT2D eigenvalue weighted by molar-refractivity contribution is 5.92. The summed E-state index contributed by atoms with van der Waals surface area (Å²) >= 11 is 0. The zero-order valence-corrected chi connectivity index (χ0v) is 14.4. The summed E-state index contributed by atoms with van der Waals surface area (Å²) in [6.07, 6.45) is 5.42. The van der Waals surface area contributed by atoms with Crippen molar-refractivity contribution in [1.82, 2.24) is 4.98 Å². The lowest BCUT2D eigenvalue weighted by Crippen LogP contribution is -2.24. The van der Waals surface area contributed by atoms with Crippen molar-refractivity contribution in [2.24, 2.45) is 5.92 Å². The third kappa shape index (κ3) is 3.38. The number of para-hydroxylation sites is 1. The summed E-state index contributed by atoms with van der Waals surface area (Å²) in [4.78, 5) is 28.8. The van der Waals surface area contributed by atoms with Gasteiger partial charge in [-0.3, -0.25) is 4.79 Å². The van der Waals surface area contributed by atoms with Crippen molar-refractivity contribution in [3.8, 4) is 11.5 Å². The Kier molecular flexibility index (Phi) is 4.52. The summed E-state index contributed by atoms with van der Waals surface area (Å²) in [7, 11) is 0. The minimum atomic E-state index is -0.403. The van der Waals surface area contributed by atoms with Gasteiger partial charge in [0.1, 0.15) is 0 Å². The molecular weight excluding hydrogens is 328 g/mol. The molecule has 1 N–H and O–H groups in total. The number of hydrogen-bond acceptors (Lipinski definition) is 4. The average Bonchev–Trinajstić information content (AvgIpc) is 2.69. The highest BCUT2D eigenvalue weighted by atomic mass is 16.4. The molecule has 0 radical (unpaired) electrons. The zero-order valence-electron chi connectivity index (χ0n) is 14.4. The van der Waals surface area contributed by atoms with Gasteiger partial charge in [0.05, 0.1) is 10.9 Å². The zero-order chi connectivity index (χ0) is 17.9. The van der Waals surface area contributed by atoms with Crippen LogP contribution in [-0.2, 0) is 4.79 Å². The number of carbonyl (C=O) groups excluding carboxylic acids is 1. The number of aromatic nitrogens is 1. The molecule has 26 heavy (non-hydrogen) atoms. The fraction of sp³-hybridized carbons (Fsp3) is 0.286. The number of nitrogens with one attached hydrogen (secondary N) is 1. The molecule has 1 heterocycles. The van der Waals surface area contributed by atoms with E-state index in [1.807, 2.05) is 18.2 Å². The monoisotopic (exact) mass is 348 g/mol. The maximum Gasteiger partial charge on any atom is 0.347 e. The van der Waals surface area contributed by atoms with Crippen LogP contribution in [-0.4, -0.2) is 10.9 Å². The van der Waals surface area contributed by atoms with Crippen LogP contribution < -0.4 is 10.9 Å². The molecule has 1 amide bonds. The van der Waals surface area contributed by atoms with Gasteiger partial charge in [0.25, 0.3) is 0 Å². The summed E-state index contributed by atoms with van der Waals surface area (Å²) in [6.45, 7) is 0. The fourth-order valence-electron chi connectivity index (χ4n) is 3.45. The number of nitrogens with zero attached hydrogens (tertiary/aromatic N) is 1. The van der Waals surface area contributed by atoms with E-state index in [0.717, 1.165) is 31.4 Å². The van der Waals surface area contributed by atoms with E-state index >= 15 is 0 Å². The molecule has 0 bridgehead atoms. The first-order valence-corrected chi connectivity index (χ1v) is 9.02. The summed E-state index contributed by atoms with van der Waals surface area (Å²) in [5, 5.41) is 3.45. The smallest absolute Gasteiger partial charge is 0.347 e. The predicted molar refractivity (Wildman–Crippen MR) is 101 cm³/mol. The second kappa shape index (κ2) is 7.12. The van der Waals surface area contributed by atoms with Crippen molar-refractivity contribution in [2.45, 2.75) is 32.1 Å². The minimum Gasteiger partial charge on any atom is -0.403 e. The third-order valence-corrected chi connectivity index (χ3v) is 4.91. The third-order valence-electron chi connectivity index (χ3n) is 4.91. The Bertz CT molecular complexity index is 986. The highest BCUT2D eigenvalue weighted by Gasteiger charge is 2.21. The van der Waals surface area contributed by atoms with E-state index in [4.69, 9.17) is 4.42 Å². The van der Waals surface area contributed by atoms with E-state index < -0.39 is 5.63 Å². The summed E-state index contributed by atoms with van der Waals surface area (Å²) in [5.41, 5.74) is 1.64. The van der Waals surface area contributed by atoms with Crippen LogP contribution in [0.3, 0.4) is 0 Å². The molecule has 0 unspecified atom stereocenters. The summed E-state index contributed by atoms with van der Waals surface area (Å²) in [5.74, 6) is 0.482. The van der Waals surface area contributed by atoms with Gasteiger partial charge in [0.15, 0.2) is 0 Å². The topological polar surface area (TPSA) is 72.2 Å². The van der Waals surface area contributed by atoms with Crippen LogP contribution in [0.1, 0.15) is 32.1 Å². The van der Waals surface area contributed by atoms with Gasteiger partial charge in [-0.1, -0.05) is 31.4 Å². The Balaban J connectivity index is 1.54. The van der Waals surface area contributed by atoms with Crippen LogP contribution >= 0.6 is 0 Å². The lowest BCUT2D eigenvalue weighted by Gasteiger charge is -2.20. The van der Waals surface area contributed by atoms with Crippen molar-refractivity contribution in [3.05, 3.63) is 59.0 Å². The summed E-state index contributed by atoms with van der Waals surface area (Å²) in [6, 6.07) is 14.3. The molecule has 0 atom stereocenters. The Morgan fingerprint density at radius 3 is 2.50 bits per heavy atom. The second-order valence-corrected chi connectivity index (χ2v) is 6.73. The molecule has 0 spiro atoms. The van der Waals surface area contributed by atoms with E-state index in [2.05, 4.69) is 10.3 Å². The lowest BCUT2D eigenvalue weighted by atomic mass is 9.88. The molecule has 0 aliphatic heterocycles. The van der Waals surface area contributed by atoms with Crippen molar-refractivity contribution in [2.75, 3.05) is 5.32 Å². The van der Waals surface area contributed by atoms with E-state index in [-0.39, 0.29) is 17.7 Å². The predicted octanol–water partition coefficient (Wildman–Crippen LogP) is 4.37. The largest absolute Gasteiger partial charge is 0.403 e. The SMILES string of the molecule is O=C(Nc1ccc(-c2nc3ccccc3c(=O)o2)cc1)C1CCCCC1. The molecule has 1 aliphatic rings. The first-order chi connectivity index (χ1) is 12.7. The fourth-order valence-corrected chi connectivity index (χ4v) is 3.45. The average molecular weight is 348 g/mol. The second-order valence-electron chi connectivity index (χ2n) is 6.73. The van der Waals surface area contributed by atoms with Gasteiger partial charge >= 0.3 is 5.63 Å².